The van der Waals surface area contributed by atoms with E-state index in [0.717, 1.165) is 54.7 Å². The number of allylic oxidation sites excluding steroid dienone is 1. The van der Waals surface area contributed by atoms with Gasteiger partial charge in [0.25, 0.3) is 0 Å². The van der Waals surface area contributed by atoms with E-state index in [1.807, 2.05) is 20.2 Å². The number of fused-ring (bicyclic) bond motifs is 2. The van der Waals surface area contributed by atoms with Crippen LogP contribution < -0.4 is 11.1 Å². The first-order chi connectivity index (χ1) is 19.5. The molecule has 1 amide bonds. The number of amides is 1. The number of aromatic nitrogens is 5. The summed E-state index contributed by atoms with van der Waals surface area (Å²) in [7, 11) is 0. The SMILES string of the molecule is Nc1ncnn2c(C3CCN(C(=O)C4C[C@H](O)CN4)CC3)cc(C3=Cc4nn(Cc5ccccc5)cc4CC3)c12. The number of rotatable bonds is 5. The highest BCUT2D eigenvalue weighted by Crippen LogP contribution is 2.38. The largest absolute Gasteiger partial charge is 0.392 e. The number of nitrogens with one attached hydrogen (secondary N) is 1. The highest BCUT2D eigenvalue weighted by atomic mass is 16.3. The van der Waals surface area contributed by atoms with E-state index in [2.05, 4.69) is 58.0 Å². The van der Waals surface area contributed by atoms with Crippen molar-refractivity contribution < 1.29 is 9.90 Å². The van der Waals surface area contributed by atoms with Crippen LogP contribution in [-0.2, 0) is 17.8 Å². The van der Waals surface area contributed by atoms with Gasteiger partial charge in [-0.1, -0.05) is 30.3 Å². The zero-order chi connectivity index (χ0) is 27.2. The van der Waals surface area contributed by atoms with Crippen molar-refractivity contribution in [2.75, 3.05) is 25.4 Å². The van der Waals surface area contributed by atoms with Gasteiger partial charge in [0.15, 0.2) is 5.82 Å². The molecule has 4 aromatic rings. The topological polar surface area (TPSA) is 127 Å². The molecule has 1 aliphatic carbocycles. The first kappa shape index (κ1) is 25.0. The molecule has 10 nitrogen and oxygen atoms in total. The molecular weight excluding hydrogens is 504 g/mol. The minimum atomic E-state index is -0.440. The lowest BCUT2D eigenvalue weighted by Crippen LogP contribution is -2.46. The molecule has 2 saturated heterocycles. The van der Waals surface area contributed by atoms with Gasteiger partial charge in [-0.25, -0.2) is 9.50 Å². The van der Waals surface area contributed by atoms with Gasteiger partial charge in [-0.2, -0.15) is 10.2 Å². The second kappa shape index (κ2) is 10.2. The van der Waals surface area contributed by atoms with Crippen LogP contribution in [0.2, 0.25) is 0 Å². The van der Waals surface area contributed by atoms with Crippen LogP contribution >= 0.6 is 0 Å². The molecule has 4 N–H and O–H groups in total. The van der Waals surface area contributed by atoms with E-state index in [4.69, 9.17) is 10.8 Å². The van der Waals surface area contributed by atoms with Crippen molar-refractivity contribution in [3.05, 3.63) is 77.0 Å². The molecule has 40 heavy (non-hydrogen) atoms. The number of aryl methyl sites for hydroxylation is 1. The standard InChI is InChI=1S/C30H34N8O2/c31-29-28-24(21-6-7-22-17-37(35-25(22)12-21)16-19-4-2-1-3-5-19)14-27(38(28)34-18-33-29)20-8-10-36(11-9-20)30(40)26-13-23(39)15-32-26/h1-5,12,14,17-18,20,23,26,32,39H,6-11,13,15-16H2,(H2,31,33,34)/t23-,26?/m0/s1. The van der Waals surface area contributed by atoms with Crippen molar-refractivity contribution >= 4 is 28.9 Å². The lowest BCUT2D eigenvalue weighted by molar-refractivity contribution is -0.134. The van der Waals surface area contributed by atoms with E-state index in [-0.39, 0.29) is 17.9 Å². The Bertz CT molecular complexity index is 1580. The number of nitrogens with zero attached hydrogens (tertiary/aromatic N) is 6. The molecule has 206 valence electrons. The van der Waals surface area contributed by atoms with Gasteiger partial charge in [0.1, 0.15) is 11.8 Å². The fraction of sp³-hybridized carbons (Fsp3) is 0.400. The number of anilines is 1. The number of aliphatic hydroxyl groups excluding tert-OH is 1. The van der Waals surface area contributed by atoms with Crippen LogP contribution in [0.3, 0.4) is 0 Å². The molecule has 2 fully saturated rings. The van der Waals surface area contributed by atoms with E-state index in [1.54, 1.807) is 0 Å². The molecule has 0 spiro atoms. The van der Waals surface area contributed by atoms with Crippen LogP contribution in [0.15, 0.2) is 48.9 Å². The Morgan fingerprint density at radius 2 is 1.98 bits per heavy atom. The first-order valence-electron chi connectivity index (χ1n) is 14.2. The van der Waals surface area contributed by atoms with Gasteiger partial charge < -0.3 is 21.1 Å². The summed E-state index contributed by atoms with van der Waals surface area (Å²) in [6, 6.07) is 12.3. The molecule has 0 bridgehead atoms. The van der Waals surface area contributed by atoms with Crippen LogP contribution in [0.1, 0.15) is 59.7 Å². The Hall–Kier alpha value is -4.02. The van der Waals surface area contributed by atoms with Gasteiger partial charge in [0.2, 0.25) is 5.91 Å². The lowest BCUT2D eigenvalue weighted by Gasteiger charge is -2.33. The average molecular weight is 539 g/mol. The number of piperidine rings is 1. The molecule has 3 aliphatic rings. The van der Waals surface area contributed by atoms with Crippen molar-refractivity contribution in [1.29, 1.82) is 0 Å². The van der Waals surface area contributed by atoms with Gasteiger partial charge in [-0.15, -0.1) is 0 Å². The minimum Gasteiger partial charge on any atom is -0.392 e. The van der Waals surface area contributed by atoms with E-state index in [0.29, 0.717) is 31.9 Å². The molecule has 5 heterocycles. The fourth-order valence-corrected chi connectivity index (χ4v) is 6.51. The van der Waals surface area contributed by atoms with Gasteiger partial charge in [0.05, 0.1) is 24.4 Å². The number of β-amino-alcohol motifs (C(OH)–C–C–N with tert-alkyl or cyclic N) is 1. The lowest BCUT2D eigenvalue weighted by atomic mass is 9.90. The van der Waals surface area contributed by atoms with Gasteiger partial charge in [-0.3, -0.25) is 9.48 Å². The Morgan fingerprint density at radius 3 is 2.75 bits per heavy atom. The normalized spacial score (nSPS) is 21.5. The maximum atomic E-state index is 13.0. The highest BCUT2D eigenvalue weighted by molar-refractivity contribution is 5.93. The number of carbonyl (C=O) groups is 1. The Balaban J connectivity index is 1.14. The smallest absolute Gasteiger partial charge is 0.239 e. The number of hydrogen-bond acceptors (Lipinski definition) is 7. The number of nitrogens with two attached hydrogens (primary N) is 1. The molecule has 10 heteroatoms. The van der Waals surface area contributed by atoms with Gasteiger partial charge in [0, 0.05) is 43.0 Å². The summed E-state index contributed by atoms with van der Waals surface area (Å²) in [5.41, 5.74) is 14.1. The Kier molecular flexibility index (Phi) is 6.36. The zero-order valence-electron chi connectivity index (χ0n) is 22.4. The minimum absolute atomic E-state index is 0.0946. The fourth-order valence-electron chi connectivity index (χ4n) is 6.51. The number of hydrogen-bond donors (Lipinski definition) is 3. The van der Waals surface area contributed by atoms with Crippen molar-refractivity contribution in [3.63, 3.8) is 0 Å². The highest BCUT2D eigenvalue weighted by Gasteiger charge is 2.34. The van der Waals surface area contributed by atoms with Gasteiger partial charge in [-0.05, 0) is 60.9 Å². The third-order valence-electron chi connectivity index (χ3n) is 8.62. The Morgan fingerprint density at radius 1 is 1.15 bits per heavy atom. The number of nitrogen functional groups attached to an aromatic ring is 1. The molecule has 1 aromatic carbocycles. The van der Waals surface area contributed by atoms with Gasteiger partial charge >= 0.3 is 0 Å². The summed E-state index contributed by atoms with van der Waals surface area (Å²) in [5, 5.41) is 22.5. The maximum absolute atomic E-state index is 13.0. The second-order valence-corrected chi connectivity index (χ2v) is 11.2. The van der Waals surface area contributed by atoms with Crippen molar-refractivity contribution in [2.45, 2.75) is 56.7 Å². The molecule has 0 saturated carbocycles. The predicted octanol–water partition coefficient (Wildman–Crippen LogP) is 2.47. The van der Waals surface area contributed by atoms with Crippen LogP contribution in [0.4, 0.5) is 5.82 Å². The molecule has 1 unspecified atom stereocenters. The summed E-state index contributed by atoms with van der Waals surface area (Å²) in [6.07, 6.45) is 9.43. The van der Waals surface area contributed by atoms with Crippen molar-refractivity contribution in [2.24, 2.45) is 0 Å². The molecule has 7 rings (SSSR count). The Labute approximate surface area is 232 Å². The van der Waals surface area contributed by atoms with Crippen LogP contribution in [0.25, 0.3) is 17.2 Å². The van der Waals surface area contributed by atoms with E-state index < -0.39 is 6.10 Å². The molecule has 3 aromatic heterocycles. The quantitative estimate of drug-likeness (QED) is 0.356. The van der Waals surface area contributed by atoms with Crippen LogP contribution in [0, 0.1) is 0 Å². The third-order valence-corrected chi connectivity index (χ3v) is 8.62. The summed E-state index contributed by atoms with van der Waals surface area (Å²) in [5.74, 6) is 0.819. The summed E-state index contributed by atoms with van der Waals surface area (Å²) < 4.78 is 3.98. The molecular formula is C30H34N8O2. The van der Waals surface area contributed by atoms with Crippen LogP contribution in [-0.4, -0.2) is 72.1 Å². The third kappa shape index (κ3) is 4.56. The first-order valence-corrected chi connectivity index (χ1v) is 14.2. The zero-order valence-corrected chi connectivity index (χ0v) is 22.4. The van der Waals surface area contributed by atoms with Crippen molar-refractivity contribution in [1.82, 2.24) is 34.6 Å². The number of carbonyl (C=O) groups excluding carboxylic acids is 1. The number of benzene rings is 1. The number of aliphatic hydroxyl groups is 1. The molecule has 0 radical (unpaired) electrons. The monoisotopic (exact) mass is 538 g/mol. The molecule has 2 atom stereocenters. The van der Waals surface area contributed by atoms with E-state index >= 15 is 0 Å². The average Bonchev–Trinajstić information content (AvgIpc) is 3.70. The van der Waals surface area contributed by atoms with E-state index in [9.17, 15) is 9.90 Å². The molecule has 2 aliphatic heterocycles. The summed E-state index contributed by atoms with van der Waals surface area (Å²) >= 11 is 0. The maximum Gasteiger partial charge on any atom is 0.239 e. The second-order valence-electron chi connectivity index (χ2n) is 11.2. The van der Waals surface area contributed by atoms with Crippen LogP contribution in [0.5, 0.6) is 0 Å². The summed E-state index contributed by atoms with van der Waals surface area (Å²) in [4.78, 5) is 19.2. The number of likely N-dealkylation sites (tertiary alicyclic amines) is 1. The van der Waals surface area contributed by atoms with E-state index in [1.165, 1.54) is 23.0 Å². The predicted molar refractivity (Wildman–Crippen MR) is 152 cm³/mol. The summed E-state index contributed by atoms with van der Waals surface area (Å²) in [6.45, 7) is 2.60. The van der Waals surface area contributed by atoms with Crippen molar-refractivity contribution in [3.8, 4) is 0 Å².